The third kappa shape index (κ3) is 3.94. The van der Waals surface area contributed by atoms with Gasteiger partial charge < -0.3 is 15.2 Å². The van der Waals surface area contributed by atoms with Crippen molar-refractivity contribution in [3.05, 3.63) is 48.4 Å². The molecule has 0 atom stereocenters. The van der Waals surface area contributed by atoms with Crippen molar-refractivity contribution in [2.24, 2.45) is 0 Å². The van der Waals surface area contributed by atoms with Gasteiger partial charge in [-0.2, -0.15) is 0 Å². The number of carbonyl (C=O) groups is 1. The molecule has 0 radical (unpaired) electrons. The second kappa shape index (κ2) is 7.08. The van der Waals surface area contributed by atoms with Crippen molar-refractivity contribution in [2.75, 3.05) is 18.5 Å². The second-order valence-electron chi connectivity index (χ2n) is 4.00. The Labute approximate surface area is 116 Å². The molecule has 0 saturated carbocycles. The molecule has 2 N–H and O–H groups in total. The van der Waals surface area contributed by atoms with Crippen LogP contribution in [-0.2, 0) is 0 Å². The van der Waals surface area contributed by atoms with E-state index < -0.39 is 5.97 Å². The molecular formula is C14H15N3O3. The molecule has 20 heavy (non-hydrogen) atoms. The first-order valence-electron chi connectivity index (χ1n) is 6.23. The lowest BCUT2D eigenvalue weighted by Crippen LogP contribution is -2.13. The molecule has 0 unspecified atom stereocenters. The number of nitrogens with one attached hydrogen (secondary N) is 1. The summed E-state index contributed by atoms with van der Waals surface area (Å²) in [6.45, 7) is 1.10. The number of carboxylic acid groups (broad SMARTS) is 1. The number of carboxylic acids is 1. The number of benzene rings is 1. The average Bonchev–Trinajstić information content (AvgIpc) is 2.48. The fourth-order valence-electron chi connectivity index (χ4n) is 1.61. The zero-order valence-electron chi connectivity index (χ0n) is 10.8. The third-order valence-electron chi connectivity index (χ3n) is 2.53. The van der Waals surface area contributed by atoms with Crippen molar-refractivity contribution in [3.8, 4) is 5.75 Å². The molecule has 1 aromatic carbocycles. The van der Waals surface area contributed by atoms with E-state index in [1.807, 2.05) is 30.3 Å². The summed E-state index contributed by atoms with van der Waals surface area (Å²) in [4.78, 5) is 18.7. The monoisotopic (exact) mass is 273 g/mol. The molecule has 1 aromatic heterocycles. The molecule has 0 fully saturated rings. The van der Waals surface area contributed by atoms with E-state index in [2.05, 4.69) is 15.3 Å². The van der Waals surface area contributed by atoms with Crippen LogP contribution in [0.4, 0.5) is 5.82 Å². The Morgan fingerprint density at radius 2 is 1.95 bits per heavy atom. The fraction of sp³-hybridized carbons (Fsp3) is 0.214. The van der Waals surface area contributed by atoms with Gasteiger partial charge in [0.15, 0.2) is 11.5 Å². The van der Waals surface area contributed by atoms with Gasteiger partial charge in [-0.05, 0) is 18.6 Å². The summed E-state index contributed by atoms with van der Waals surface area (Å²) >= 11 is 0. The number of anilines is 1. The average molecular weight is 273 g/mol. The topological polar surface area (TPSA) is 84.3 Å². The predicted octanol–water partition coefficient (Wildman–Crippen LogP) is 2.06. The van der Waals surface area contributed by atoms with E-state index in [1.54, 1.807) is 0 Å². The summed E-state index contributed by atoms with van der Waals surface area (Å²) < 4.78 is 5.53. The Balaban J connectivity index is 1.75. The van der Waals surface area contributed by atoms with E-state index >= 15 is 0 Å². The maximum absolute atomic E-state index is 10.9. The second-order valence-corrected chi connectivity index (χ2v) is 4.00. The molecule has 0 saturated heterocycles. The molecule has 2 rings (SSSR count). The molecule has 0 amide bonds. The lowest BCUT2D eigenvalue weighted by atomic mass is 10.3. The number of rotatable bonds is 7. The van der Waals surface area contributed by atoms with Crippen LogP contribution in [0, 0.1) is 0 Å². The summed E-state index contributed by atoms with van der Waals surface area (Å²) in [6, 6.07) is 9.52. The minimum Gasteiger partial charge on any atom is -0.494 e. The van der Waals surface area contributed by atoms with Crippen LogP contribution in [0.1, 0.15) is 16.9 Å². The zero-order chi connectivity index (χ0) is 14.2. The van der Waals surface area contributed by atoms with Gasteiger partial charge in [0.25, 0.3) is 0 Å². The lowest BCUT2D eigenvalue weighted by molar-refractivity contribution is 0.0691. The molecule has 0 aliphatic carbocycles. The Kier molecular flexibility index (Phi) is 4.88. The highest BCUT2D eigenvalue weighted by molar-refractivity contribution is 5.90. The molecule has 2 aromatic rings. The molecule has 0 aliphatic rings. The minimum absolute atomic E-state index is 0.0727. The summed E-state index contributed by atoms with van der Waals surface area (Å²) in [7, 11) is 0. The number of hydrogen-bond donors (Lipinski definition) is 2. The Hall–Kier alpha value is -2.63. The van der Waals surface area contributed by atoms with Crippen LogP contribution < -0.4 is 10.1 Å². The van der Waals surface area contributed by atoms with Crippen LogP contribution in [0.5, 0.6) is 5.75 Å². The number of aromatic nitrogens is 2. The van der Waals surface area contributed by atoms with E-state index in [9.17, 15) is 4.79 Å². The molecule has 6 nitrogen and oxygen atoms in total. The normalized spacial score (nSPS) is 10.0. The molecular weight excluding hydrogens is 258 g/mol. The van der Waals surface area contributed by atoms with Crippen LogP contribution in [0.2, 0.25) is 0 Å². The van der Waals surface area contributed by atoms with Crippen molar-refractivity contribution >= 4 is 11.8 Å². The standard InChI is InChI=1S/C14H15N3O3/c18-14(19)12-13(17-9-8-15-12)16-7-4-10-20-11-5-2-1-3-6-11/h1-3,5-6,8-9H,4,7,10H2,(H,16,17)(H,18,19). The Morgan fingerprint density at radius 3 is 2.70 bits per heavy atom. The Morgan fingerprint density at radius 1 is 1.20 bits per heavy atom. The summed E-state index contributed by atoms with van der Waals surface area (Å²) in [5, 5.41) is 11.9. The van der Waals surface area contributed by atoms with E-state index in [-0.39, 0.29) is 11.5 Å². The number of para-hydroxylation sites is 1. The zero-order valence-corrected chi connectivity index (χ0v) is 10.8. The molecule has 0 bridgehead atoms. The first-order valence-corrected chi connectivity index (χ1v) is 6.23. The van der Waals surface area contributed by atoms with Gasteiger partial charge in [-0.25, -0.2) is 14.8 Å². The number of ether oxygens (including phenoxy) is 1. The molecule has 104 valence electrons. The van der Waals surface area contributed by atoms with Crippen LogP contribution >= 0.6 is 0 Å². The fourth-order valence-corrected chi connectivity index (χ4v) is 1.61. The van der Waals surface area contributed by atoms with Crippen LogP contribution in [0.3, 0.4) is 0 Å². The van der Waals surface area contributed by atoms with E-state index in [0.717, 1.165) is 12.2 Å². The first kappa shape index (κ1) is 13.8. The summed E-state index contributed by atoms with van der Waals surface area (Å²) in [6.07, 6.45) is 3.53. The van der Waals surface area contributed by atoms with Gasteiger partial charge in [0.2, 0.25) is 0 Å². The van der Waals surface area contributed by atoms with Crippen LogP contribution in [0.25, 0.3) is 0 Å². The lowest BCUT2D eigenvalue weighted by Gasteiger charge is -2.08. The van der Waals surface area contributed by atoms with E-state index in [0.29, 0.717) is 13.2 Å². The highest BCUT2D eigenvalue weighted by Crippen LogP contribution is 2.10. The van der Waals surface area contributed by atoms with Crippen molar-refractivity contribution < 1.29 is 14.6 Å². The Bertz CT molecular complexity index is 561. The van der Waals surface area contributed by atoms with Gasteiger partial charge >= 0.3 is 5.97 Å². The van der Waals surface area contributed by atoms with Crippen molar-refractivity contribution in [3.63, 3.8) is 0 Å². The maximum Gasteiger partial charge on any atom is 0.358 e. The van der Waals surface area contributed by atoms with Crippen LogP contribution in [-0.4, -0.2) is 34.2 Å². The maximum atomic E-state index is 10.9. The van der Waals surface area contributed by atoms with Crippen molar-refractivity contribution in [2.45, 2.75) is 6.42 Å². The van der Waals surface area contributed by atoms with Gasteiger partial charge in [0.05, 0.1) is 6.61 Å². The smallest absolute Gasteiger partial charge is 0.358 e. The highest BCUT2D eigenvalue weighted by atomic mass is 16.5. The molecule has 6 heteroatoms. The first-order chi connectivity index (χ1) is 9.77. The molecule has 1 heterocycles. The van der Waals surface area contributed by atoms with Gasteiger partial charge in [0, 0.05) is 18.9 Å². The van der Waals surface area contributed by atoms with Gasteiger partial charge in [0.1, 0.15) is 5.75 Å². The predicted molar refractivity (Wildman–Crippen MR) is 74.0 cm³/mol. The highest BCUT2D eigenvalue weighted by Gasteiger charge is 2.11. The molecule has 0 spiro atoms. The van der Waals surface area contributed by atoms with Gasteiger partial charge in [-0.1, -0.05) is 18.2 Å². The van der Waals surface area contributed by atoms with Gasteiger partial charge in [-0.3, -0.25) is 0 Å². The minimum atomic E-state index is -1.10. The van der Waals surface area contributed by atoms with Crippen LogP contribution in [0.15, 0.2) is 42.7 Å². The number of aromatic carboxylic acids is 1. The number of nitrogens with zero attached hydrogens (tertiary/aromatic N) is 2. The summed E-state index contributed by atoms with van der Waals surface area (Å²) in [5.41, 5.74) is -0.0727. The quantitative estimate of drug-likeness (QED) is 0.751. The molecule has 0 aliphatic heterocycles. The van der Waals surface area contributed by atoms with E-state index in [4.69, 9.17) is 9.84 Å². The third-order valence-corrected chi connectivity index (χ3v) is 2.53. The van der Waals surface area contributed by atoms with E-state index in [1.165, 1.54) is 12.4 Å². The van der Waals surface area contributed by atoms with Crippen molar-refractivity contribution in [1.82, 2.24) is 9.97 Å². The largest absolute Gasteiger partial charge is 0.494 e. The summed E-state index contributed by atoms with van der Waals surface area (Å²) in [5.74, 6) is -0.000857. The van der Waals surface area contributed by atoms with Gasteiger partial charge in [-0.15, -0.1) is 0 Å². The number of hydrogen-bond acceptors (Lipinski definition) is 5. The van der Waals surface area contributed by atoms with Crippen molar-refractivity contribution in [1.29, 1.82) is 0 Å². The SMILES string of the molecule is O=C(O)c1nccnc1NCCCOc1ccccc1.